The van der Waals surface area contributed by atoms with Crippen molar-refractivity contribution >= 4 is 34.7 Å². The monoisotopic (exact) mass is 379 g/mol. The summed E-state index contributed by atoms with van der Waals surface area (Å²) in [5.74, 6) is 0. The number of nitrogens with zero attached hydrogens (tertiary/aromatic N) is 1. The van der Waals surface area contributed by atoms with Crippen molar-refractivity contribution in [2.75, 3.05) is 31.6 Å². The average Bonchev–Trinajstić information content (AvgIpc) is 3.10. The van der Waals surface area contributed by atoms with E-state index < -0.39 is 0 Å². The maximum absolute atomic E-state index is 12.4. The molecule has 0 radical (unpaired) electrons. The van der Waals surface area contributed by atoms with Crippen molar-refractivity contribution in [1.82, 2.24) is 10.2 Å². The molecule has 0 aliphatic carbocycles. The summed E-state index contributed by atoms with van der Waals surface area (Å²) in [5.41, 5.74) is 0.677. The minimum atomic E-state index is -0.232. The number of amides is 2. The highest BCUT2D eigenvalue weighted by Crippen LogP contribution is 2.29. The SMILES string of the molecule is C[C@H](NC(=O)Nc1cccc(Cl)c1)[C@H](c1cccs1)N1CCOCC1. The molecule has 1 aliphatic rings. The lowest BCUT2D eigenvalue weighted by Gasteiger charge is -2.37. The lowest BCUT2D eigenvalue weighted by molar-refractivity contribution is 0.0106. The summed E-state index contributed by atoms with van der Waals surface area (Å²) in [4.78, 5) is 16.0. The standard InChI is InChI=1S/C18H22ClN3O2S/c1-13(20-18(23)21-15-5-2-4-14(19)12-15)17(16-6-3-11-25-16)22-7-9-24-10-8-22/h2-6,11-13,17H,7-10H2,1H3,(H2,20,21,23)/t13-,17+/m0/s1. The summed E-state index contributed by atoms with van der Waals surface area (Å²) in [6, 6.07) is 11.2. The van der Waals surface area contributed by atoms with Gasteiger partial charge in [0.25, 0.3) is 0 Å². The number of urea groups is 1. The second kappa shape index (κ2) is 8.67. The molecule has 3 rings (SSSR count). The van der Waals surface area contributed by atoms with Gasteiger partial charge in [-0.25, -0.2) is 4.79 Å². The van der Waals surface area contributed by atoms with E-state index in [4.69, 9.17) is 16.3 Å². The molecule has 1 fully saturated rings. The Hall–Kier alpha value is -1.60. The zero-order valence-electron chi connectivity index (χ0n) is 14.1. The minimum absolute atomic E-state index is 0.0454. The topological polar surface area (TPSA) is 53.6 Å². The lowest BCUT2D eigenvalue weighted by atomic mass is 10.1. The molecule has 1 aromatic carbocycles. The molecule has 1 aliphatic heterocycles. The van der Waals surface area contributed by atoms with Crippen LogP contribution in [0.2, 0.25) is 5.02 Å². The van der Waals surface area contributed by atoms with Crippen LogP contribution in [0, 0.1) is 0 Å². The summed E-state index contributed by atoms with van der Waals surface area (Å²) in [6.45, 7) is 5.22. The molecule has 2 atom stereocenters. The number of thiophene rings is 1. The second-order valence-corrected chi connectivity index (χ2v) is 7.42. The van der Waals surface area contributed by atoms with Crippen LogP contribution in [0.5, 0.6) is 0 Å². The zero-order valence-corrected chi connectivity index (χ0v) is 15.6. The fourth-order valence-corrected chi connectivity index (χ4v) is 4.23. The van der Waals surface area contributed by atoms with Gasteiger partial charge in [-0.15, -0.1) is 11.3 Å². The molecule has 2 N–H and O–H groups in total. The summed E-state index contributed by atoms with van der Waals surface area (Å²) in [7, 11) is 0. The van der Waals surface area contributed by atoms with Crippen LogP contribution < -0.4 is 10.6 Å². The maximum atomic E-state index is 12.4. The van der Waals surface area contributed by atoms with E-state index in [9.17, 15) is 4.79 Å². The van der Waals surface area contributed by atoms with E-state index >= 15 is 0 Å². The van der Waals surface area contributed by atoms with Crippen LogP contribution in [0.15, 0.2) is 41.8 Å². The molecule has 0 spiro atoms. The Morgan fingerprint density at radius 1 is 1.28 bits per heavy atom. The van der Waals surface area contributed by atoms with Crippen molar-refractivity contribution in [1.29, 1.82) is 0 Å². The fraction of sp³-hybridized carbons (Fsp3) is 0.389. The summed E-state index contributed by atoms with van der Waals surface area (Å²) in [6.07, 6.45) is 0. The number of anilines is 1. The zero-order chi connectivity index (χ0) is 17.6. The molecule has 25 heavy (non-hydrogen) atoms. The van der Waals surface area contributed by atoms with Crippen molar-refractivity contribution in [2.45, 2.75) is 19.0 Å². The largest absolute Gasteiger partial charge is 0.379 e. The van der Waals surface area contributed by atoms with E-state index in [1.54, 1.807) is 23.5 Å². The minimum Gasteiger partial charge on any atom is -0.379 e. The van der Waals surface area contributed by atoms with Gasteiger partial charge in [0.1, 0.15) is 0 Å². The van der Waals surface area contributed by atoms with Gasteiger partial charge in [-0.05, 0) is 36.6 Å². The Morgan fingerprint density at radius 2 is 2.08 bits per heavy atom. The molecule has 2 aromatic rings. The van der Waals surface area contributed by atoms with Gasteiger partial charge in [-0.3, -0.25) is 4.90 Å². The normalized spacial score (nSPS) is 17.7. The quantitative estimate of drug-likeness (QED) is 0.826. The van der Waals surface area contributed by atoms with E-state index in [-0.39, 0.29) is 18.1 Å². The summed E-state index contributed by atoms with van der Waals surface area (Å²) >= 11 is 7.68. The third kappa shape index (κ3) is 4.95. The first-order valence-electron chi connectivity index (χ1n) is 8.32. The second-order valence-electron chi connectivity index (χ2n) is 6.01. The number of rotatable bonds is 5. The Morgan fingerprint density at radius 3 is 2.76 bits per heavy atom. The van der Waals surface area contributed by atoms with E-state index in [0.717, 1.165) is 26.3 Å². The van der Waals surface area contributed by atoms with Gasteiger partial charge >= 0.3 is 6.03 Å². The van der Waals surface area contributed by atoms with Crippen molar-refractivity contribution < 1.29 is 9.53 Å². The Kier molecular flexibility index (Phi) is 6.31. The first-order chi connectivity index (χ1) is 12.1. The van der Waals surface area contributed by atoms with Crippen molar-refractivity contribution in [3.05, 3.63) is 51.7 Å². The highest BCUT2D eigenvalue weighted by molar-refractivity contribution is 7.10. The number of hydrogen-bond acceptors (Lipinski definition) is 4. The van der Waals surface area contributed by atoms with Gasteiger partial charge in [0.05, 0.1) is 19.3 Å². The van der Waals surface area contributed by atoms with Gasteiger partial charge in [-0.2, -0.15) is 0 Å². The smallest absolute Gasteiger partial charge is 0.319 e. The van der Waals surface area contributed by atoms with Crippen LogP contribution in [0.25, 0.3) is 0 Å². The molecule has 2 amide bonds. The number of carbonyl (C=O) groups is 1. The fourth-order valence-electron chi connectivity index (χ4n) is 3.08. The molecular formula is C18H22ClN3O2S. The predicted octanol–water partition coefficient (Wildman–Crippen LogP) is 3.99. The first-order valence-corrected chi connectivity index (χ1v) is 9.57. The van der Waals surface area contributed by atoms with E-state index in [0.29, 0.717) is 10.7 Å². The van der Waals surface area contributed by atoms with Crippen LogP contribution >= 0.6 is 22.9 Å². The number of halogens is 1. The van der Waals surface area contributed by atoms with Crippen LogP contribution in [0.1, 0.15) is 17.8 Å². The van der Waals surface area contributed by atoms with Gasteiger partial charge < -0.3 is 15.4 Å². The third-order valence-corrected chi connectivity index (χ3v) is 5.37. The lowest BCUT2D eigenvalue weighted by Crippen LogP contribution is -2.49. The van der Waals surface area contributed by atoms with Crippen molar-refractivity contribution in [3.63, 3.8) is 0 Å². The molecule has 0 bridgehead atoms. The molecule has 134 valence electrons. The molecule has 7 heteroatoms. The van der Waals surface area contributed by atoms with Crippen molar-refractivity contribution in [3.8, 4) is 0 Å². The van der Waals surface area contributed by atoms with Gasteiger partial charge in [0.2, 0.25) is 0 Å². The molecule has 1 aromatic heterocycles. The predicted molar refractivity (Wildman–Crippen MR) is 103 cm³/mol. The average molecular weight is 380 g/mol. The van der Waals surface area contributed by atoms with Crippen LogP contribution in [0.3, 0.4) is 0 Å². The highest BCUT2D eigenvalue weighted by atomic mass is 35.5. The number of hydrogen-bond donors (Lipinski definition) is 2. The molecule has 5 nitrogen and oxygen atoms in total. The van der Waals surface area contributed by atoms with E-state index in [2.05, 4.69) is 27.0 Å². The summed E-state index contributed by atoms with van der Waals surface area (Å²) < 4.78 is 5.47. The maximum Gasteiger partial charge on any atom is 0.319 e. The number of benzene rings is 1. The highest BCUT2D eigenvalue weighted by Gasteiger charge is 2.29. The first kappa shape index (κ1) is 18.2. The number of ether oxygens (including phenoxy) is 1. The molecule has 0 saturated carbocycles. The molecule has 1 saturated heterocycles. The number of nitrogens with one attached hydrogen (secondary N) is 2. The van der Waals surface area contributed by atoms with E-state index in [1.165, 1.54) is 4.88 Å². The third-order valence-electron chi connectivity index (χ3n) is 4.19. The molecule has 2 heterocycles. The van der Waals surface area contributed by atoms with Gasteiger partial charge in [-0.1, -0.05) is 23.7 Å². The van der Waals surface area contributed by atoms with E-state index in [1.807, 2.05) is 25.1 Å². The Balaban J connectivity index is 1.67. The van der Waals surface area contributed by atoms with Crippen LogP contribution in [-0.2, 0) is 4.74 Å². The van der Waals surface area contributed by atoms with Gasteiger partial charge in [0.15, 0.2) is 0 Å². The van der Waals surface area contributed by atoms with Crippen LogP contribution in [0.4, 0.5) is 10.5 Å². The number of carbonyl (C=O) groups excluding carboxylic acids is 1. The molecular weight excluding hydrogens is 358 g/mol. The molecule has 0 unspecified atom stereocenters. The van der Waals surface area contributed by atoms with Crippen molar-refractivity contribution in [2.24, 2.45) is 0 Å². The Bertz CT molecular complexity index is 689. The summed E-state index contributed by atoms with van der Waals surface area (Å²) in [5, 5.41) is 8.57. The van der Waals surface area contributed by atoms with Crippen LogP contribution in [-0.4, -0.2) is 43.3 Å². The van der Waals surface area contributed by atoms with Gasteiger partial charge in [0, 0.05) is 34.7 Å². The number of morpholine rings is 1. The Labute approximate surface area is 156 Å².